The molecule has 0 bridgehead atoms. The van der Waals surface area contributed by atoms with Crippen molar-refractivity contribution in [2.24, 2.45) is 0 Å². The number of Topliss-reactive ketones (excluding diaryl/α,β-unsaturated/α-hetero) is 1. The number of carbonyl (C=O) groups is 2. The average molecular weight is 380 g/mol. The van der Waals surface area contributed by atoms with Crippen molar-refractivity contribution < 1.29 is 14.3 Å². The lowest BCUT2D eigenvalue weighted by molar-refractivity contribution is 0.101. The molecule has 0 spiro atoms. The molecule has 0 aromatic heterocycles. The normalized spacial score (nSPS) is 14.9. The van der Waals surface area contributed by atoms with Crippen molar-refractivity contribution in [3.8, 4) is 5.75 Å². The molecule has 28 heavy (non-hydrogen) atoms. The molecule has 1 amide bonds. The first kappa shape index (κ1) is 20.1. The molecule has 5 heteroatoms. The van der Waals surface area contributed by atoms with E-state index in [-0.39, 0.29) is 17.1 Å². The van der Waals surface area contributed by atoms with Crippen molar-refractivity contribution >= 4 is 17.4 Å². The second-order valence-electron chi connectivity index (χ2n) is 7.91. The molecule has 2 aromatic rings. The van der Waals surface area contributed by atoms with E-state index in [1.54, 1.807) is 18.2 Å². The molecule has 5 nitrogen and oxygen atoms in total. The van der Waals surface area contributed by atoms with Crippen LogP contribution in [0.1, 0.15) is 65.1 Å². The van der Waals surface area contributed by atoms with Gasteiger partial charge in [0.15, 0.2) is 5.78 Å². The Morgan fingerprint density at radius 2 is 1.96 bits per heavy atom. The lowest BCUT2D eigenvalue weighted by Crippen LogP contribution is -2.39. The van der Waals surface area contributed by atoms with E-state index >= 15 is 0 Å². The van der Waals surface area contributed by atoms with Crippen molar-refractivity contribution in [1.82, 2.24) is 5.32 Å². The van der Waals surface area contributed by atoms with Gasteiger partial charge in [0, 0.05) is 29.8 Å². The van der Waals surface area contributed by atoms with Crippen molar-refractivity contribution in [2.75, 3.05) is 18.5 Å². The SMILES string of the molecule is CCOc1ccc(C(=O)Nc2ccc3c(c2C)CNCC3(C)C)cc1C(C)=O. The topological polar surface area (TPSA) is 67.4 Å². The van der Waals surface area contributed by atoms with Gasteiger partial charge in [-0.2, -0.15) is 0 Å². The minimum atomic E-state index is -0.239. The molecular weight excluding hydrogens is 352 g/mol. The van der Waals surface area contributed by atoms with E-state index in [4.69, 9.17) is 4.74 Å². The molecule has 2 N–H and O–H groups in total. The summed E-state index contributed by atoms with van der Waals surface area (Å²) in [5.74, 6) is 0.137. The Kier molecular flexibility index (Phi) is 5.57. The third-order valence-corrected chi connectivity index (χ3v) is 5.37. The quantitative estimate of drug-likeness (QED) is 0.762. The van der Waals surface area contributed by atoms with Crippen molar-refractivity contribution in [3.05, 3.63) is 58.1 Å². The average Bonchev–Trinajstić information content (AvgIpc) is 2.64. The molecule has 0 fully saturated rings. The van der Waals surface area contributed by atoms with Crippen LogP contribution in [0.25, 0.3) is 0 Å². The molecule has 2 aromatic carbocycles. The third-order valence-electron chi connectivity index (χ3n) is 5.37. The largest absolute Gasteiger partial charge is 0.493 e. The number of hydrogen-bond acceptors (Lipinski definition) is 4. The summed E-state index contributed by atoms with van der Waals surface area (Å²) in [6, 6.07) is 9.05. The van der Waals surface area contributed by atoms with E-state index < -0.39 is 0 Å². The van der Waals surface area contributed by atoms with Crippen LogP contribution >= 0.6 is 0 Å². The van der Waals surface area contributed by atoms with Crippen molar-refractivity contribution in [1.29, 1.82) is 0 Å². The maximum absolute atomic E-state index is 12.8. The molecule has 0 saturated heterocycles. The molecule has 1 aliphatic heterocycles. The van der Waals surface area contributed by atoms with E-state index in [1.807, 2.05) is 19.9 Å². The van der Waals surface area contributed by atoms with Gasteiger partial charge in [-0.05, 0) is 61.7 Å². The molecule has 0 radical (unpaired) electrons. The highest BCUT2D eigenvalue weighted by molar-refractivity contribution is 6.07. The van der Waals surface area contributed by atoms with Crippen LogP contribution in [0.15, 0.2) is 30.3 Å². The fourth-order valence-electron chi connectivity index (χ4n) is 3.77. The Morgan fingerprint density at radius 3 is 2.64 bits per heavy atom. The van der Waals surface area contributed by atoms with Crippen LogP contribution in [-0.4, -0.2) is 24.8 Å². The molecular formula is C23H28N2O3. The lowest BCUT2D eigenvalue weighted by atomic mass is 9.77. The molecule has 0 unspecified atom stereocenters. The zero-order chi connectivity index (χ0) is 20.5. The van der Waals surface area contributed by atoms with Crippen LogP contribution in [0, 0.1) is 6.92 Å². The maximum atomic E-state index is 12.8. The fourth-order valence-corrected chi connectivity index (χ4v) is 3.77. The second kappa shape index (κ2) is 7.76. The molecule has 0 saturated carbocycles. The summed E-state index contributed by atoms with van der Waals surface area (Å²) in [6.45, 7) is 12.0. The van der Waals surface area contributed by atoms with Gasteiger partial charge >= 0.3 is 0 Å². The lowest BCUT2D eigenvalue weighted by Gasteiger charge is -2.34. The summed E-state index contributed by atoms with van der Waals surface area (Å²) in [6.07, 6.45) is 0. The van der Waals surface area contributed by atoms with Crippen molar-refractivity contribution in [3.63, 3.8) is 0 Å². The molecule has 1 aliphatic rings. The van der Waals surface area contributed by atoms with Gasteiger partial charge in [0.1, 0.15) is 5.75 Å². The Labute approximate surface area is 166 Å². The number of carbonyl (C=O) groups excluding carboxylic acids is 2. The fraction of sp³-hybridized carbons (Fsp3) is 0.391. The van der Waals surface area contributed by atoms with Crippen LogP contribution in [0.3, 0.4) is 0 Å². The number of benzene rings is 2. The first-order valence-corrected chi connectivity index (χ1v) is 9.67. The van der Waals surface area contributed by atoms with Gasteiger partial charge in [-0.3, -0.25) is 9.59 Å². The smallest absolute Gasteiger partial charge is 0.255 e. The minimum Gasteiger partial charge on any atom is -0.493 e. The van der Waals surface area contributed by atoms with Crippen LogP contribution in [0.4, 0.5) is 5.69 Å². The summed E-state index contributed by atoms with van der Waals surface area (Å²) in [5.41, 5.74) is 5.34. The number of amides is 1. The molecule has 0 aliphatic carbocycles. The van der Waals surface area contributed by atoms with E-state index in [2.05, 4.69) is 30.5 Å². The number of hydrogen-bond donors (Lipinski definition) is 2. The van der Waals surface area contributed by atoms with Gasteiger partial charge < -0.3 is 15.4 Å². The van der Waals surface area contributed by atoms with Crippen LogP contribution in [0.5, 0.6) is 5.75 Å². The van der Waals surface area contributed by atoms with E-state index in [0.29, 0.717) is 23.5 Å². The third kappa shape index (κ3) is 3.80. The highest BCUT2D eigenvalue weighted by Gasteiger charge is 2.28. The summed E-state index contributed by atoms with van der Waals surface area (Å²) in [5, 5.41) is 6.46. The highest BCUT2D eigenvalue weighted by atomic mass is 16.5. The predicted molar refractivity (Wildman–Crippen MR) is 111 cm³/mol. The summed E-state index contributed by atoms with van der Waals surface area (Å²) >= 11 is 0. The van der Waals surface area contributed by atoms with Gasteiger partial charge in [-0.15, -0.1) is 0 Å². The molecule has 0 atom stereocenters. The maximum Gasteiger partial charge on any atom is 0.255 e. The van der Waals surface area contributed by atoms with E-state index in [0.717, 1.165) is 24.3 Å². The van der Waals surface area contributed by atoms with E-state index in [9.17, 15) is 9.59 Å². The number of nitrogens with one attached hydrogen (secondary N) is 2. The number of ether oxygens (including phenoxy) is 1. The zero-order valence-corrected chi connectivity index (χ0v) is 17.2. The number of ketones is 1. The van der Waals surface area contributed by atoms with Crippen LogP contribution < -0.4 is 15.4 Å². The number of rotatable bonds is 5. The standard InChI is InChI=1S/C23H28N2O3/c1-6-28-21-10-7-16(11-17(21)15(3)26)22(27)25-20-9-8-19-18(14(20)2)12-24-13-23(19,4)5/h7-11,24H,6,12-13H2,1-5H3,(H,25,27). The Balaban J connectivity index is 1.90. The van der Waals surface area contributed by atoms with Crippen molar-refractivity contribution in [2.45, 2.75) is 46.6 Å². The van der Waals surface area contributed by atoms with Gasteiger partial charge in [-0.1, -0.05) is 19.9 Å². The Hall–Kier alpha value is -2.66. The molecule has 3 rings (SSSR count). The first-order valence-electron chi connectivity index (χ1n) is 9.67. The Morgan fingerprint density at radius 1 is 1.21 bits per heavy atom. The zero-order valence-electron chi connectivity index (χ0n) is 17.2. The number of anilines is 1. The Bertz CT molecular complexity index is 932. The molecule has 1 heterocycles. The second-order valence-corrected chi connectivity index (χ2v) is 7.91. The number of fused-ring (bicyclic) bond motifs is 1. The monoisotopic (exact) mass is 380 g/mol. The van der Waals surface area contributed by atoms with Gasteiger partial charge in [-0.25, -0.2) is 0 Å². The summed E-state index contributed by atoms with van der Waals surface area (Å²) < 4.78 is 5.49. The van der Waals surface area contributed by atoms with E-state index in [1.165, 1.54) is 18.1 Å². The molecule has 148 valence electrons. The predicted octanol–water partition coefficient (Wildman–Crippen LogP) is 4.23. The highest BCUT2D eigenvalue weighted by Crippen LogP contribution is 2.34. The van der Waals surface area contributed by atoms with Gasteiger partial charge in [0.2, 0.25) is 0 Å². The van der Waals surface area contributed by atoms with Gasteiger partial charge in [0.25, 0.3) is 5.91 Å². The first-order chi connectivity index (χ1) is 13.2. The van der Waals surface area contributed by atoms with Gasteiger partial charge in [0.05, 0.1) is 12.2 Å². The van der Waals surface area contributed by atoms with Crippen LogP contribution in [-0.2, 0) is 12.0 Å². The summed E-state index contributed by atoms with van der Waals surface area (Å²) in [7, 11) is 0. The van der Waals surface area contributed by atoms with Crippen LogP contribution in [0.2, 0.25) is 0 Å². The minimum absolute atomic E-state index is 0.0619. The summed E-state index contributed by atoms with van der Waals surface area (Å²) in [4.78, 5) is 24.8.